The number of rotatable bonds is 8. The number of carbonyl (C=O) groups excluding carboxylic acids is 3. The topological polar surface area (TPSA) is 111 Å². The molecule has 1 aliphatic rings. The highest BCUT2D eigenvalue weighted by Gasteiger charge is 2.38. The molecule has 0 spiro atoms. The van der Waals surface area contributed by atoms with Crippen LogP contribution in [0.25, 0.3) is 0 Å². The number of amides is 1. The van der Waals surface area contributed by atoms with E-state index in [0.717, 1.165) is 0 Å². The van der Waals surface area contributed by atoms with Crippen LogP contribution >= 0.6 is 23.5 Å². The van der Waals surface area contributed by atoms with Crippen molar-refractivity contribution in [1.82, 2.24) is 5.32 Å². The molecule has 0 aliphatic carbocycles. The van der Waals surface area contributed by atoms with Gasteiger partial charge in [-0.15, -0.1) is 11.8 Å². The fourth-order valence-electron chi connectivity index (χ4n) is 2.69. The largest absolute Gasteiger partial charge is 0.547 e. The summed E-state index contributed by atoms with van der Waals surface area (Å²) in [6.07, 6.45) is 3.90. The number of nitrogens with one attached hydrogen (secondary N) is 1. The fraction of sp³-hybridized carbons (Fsp3) is 0.500. The lowest BCUT2D eigenvalue weighted by Crippen LogP contribution is -2.53. The highest BCUT2D eigenvalue weighted by molar-refractivity contribution is 7.99. The number of hydrogen-bond acceptors (Lipinski definition) is 9. The van der Waals surface area contributed by atoms with Crippen molar-refractivity contribution in [2.75, 3.05) is 25.1 Å². The zero-order chi connectivity index (χ0) is 21.6. The van der Waals surface area contributed by atoms with Gasteiger partial charge in [-0.1, -0.05) is 19.9 Å². The van der Waals surface area contributed by atoms with E-state index in [0.29, 0.717) is 16.9 Å². The van der Waals surface area contributed by atoms with Crippen LogP contribution in [-0.4, -0.2) is 61.0 Å². The van der Waals surface area contributed by atoms with Gasteiger partial charge in [0.15, 0.2) is 0 Å². The zero-order valence-corrected chi connectivity index (χ0v) is 18.4. The molecule has 1 aliphatic heterocycles. The second-order valence-electron chi connectivity index (χ2n) is 6.62. The number of esters is 2. The van der Waals surface area contributed by atoms with Crippen molar-refractivity contribution in [3.8, 4) is 5.75 Å². The van der Waals surface area contributed by atoms with Crippen LogP contribution < -0.4 is 9.97 Å². The quantitative estimate of drug-likeness (QED) is 0.269. The second-order valence-corrected chi connectivity index (χ2v) is 8.33. The molecule has 2 N–H and O–H groups in total. The van der Waals surface area contributed by atoms with Gasteiger partial charge in [-0.3, -0.25) is 9.59 Å². The molecule has 0 unspecified atom stereocenters. The molecule has 1 aromatic rings. The Kier molecular flexibility index (Phi) is 8.72. The molecular weight excluding hydrogens is 417 g/mol. The third-order valence-electron chi connectivity index (χ3n) is 4.13. The summed E-state index contributed by atoms with van der Waals surface area (Å²) < 4.78 is 15.6. The molecule has 0 radical (unpaired) electrons. The van der Waals surface area contributed by atoms with Crippen LogP contribution in [-0.2, 0) is 25.5 Å². The van der Waals surface area contributed by atoms with Gasteiger partial charge in [-0.2, -0.15) is 11.8 Å². The summed E-state index contributed by atoms with van der Waals surface area (Å²) in [5, 5.41) is 13.1. The lowest BCUT2D eigenvalue weighted by Gasteiger charge is -2.29. The summed E-state index contributed by atoms with van der Waals surface area (Å²) in [5.41, 5.74) is 0.817. The lowest BCUT2D eigenvalue weighted by atomic mass is 9.72. The van der Waals surface area contributed by atoms with Crippen molar-refractivity contribution >= 4 is 48.5 Å². The molecule has 158 valence electrons. The van der Waals surface area contributed by atoms with Crippen molar-refractivity contribution in [2.24, 2.45) is 5.92 Å². The molecular formula is C18H24BNO7S2. The highest BCUT2D eigenvalue weighted by Crippen LogP contribution is 2.36. The first-order valence-corrected chi connectivity index (χ1v) is 11.6. The minimum absolute atomic E-state index is 0.156. The number of hydrogen-bond donors (Lipinski definition) is 2. The number of benzene rings is 1. The molecule has 8 nitrogen and oxygen atoms in total. The number of fused-ring (bicyclic) bond motifs is 1. The van der Waals surface area contributed by atoms with Crippen LogP contribution in [0.15, 0.2) is 17.0 Å². The molecule has 1 amide bonds. The fourth-order valence-corrected chi connectivity index (χ4v) is 3.62. The van der Waals surface area contributed by atoms with Crippen LogP contribution in [0.1, 0.15) is 29.8 Å². The Hall–Kier alpha value is -1.85. The average Bonchev–Trinajstić information content (AvgIpc) is 2.67. The van der Waals surface area contributed by atoms with Crippen LogP contribution in [0.4, 0.5) is 0 Å². The maximum Gasteiger partial charge on any atom is 0.547 e. The average molecular weight is 441 g/mol. The molecule has 1 atom stereocenters. The molecule has 11 heteroatoms. The van der Waals surface area contributed by atoms with E-state index in [1.807, 2.05) is 6.26 Å². The molecule has 1 aromatic carbocycles. The van der Waals surface area contributed by atoms with Crippen molar-refractivity contribution in [1.29, 1.82) is 0 Å². The maximum absolute atomic E-state index is 12.6. The van der Waals surface area contributed by atoms with Gasteiger partial charge >= 0.3 is 19.1 Å². The summed E-state index contributed by atoms with van der Waals surface area (Å²) >= 11 is 2.69. The van der Waals surface area contributed by atoms with E-state index in [-0.39, 0.29) is 28.9 Å². The van der Waals surface area contributed by atoms with Gasteiger partial charge in [0.1, 0.15) is 11.3 Å². The van der Waals surface area contributed by atoms with E-state index in [2.05, 4.69) is 5.32 Å². The van der Waals surface area contributed by atoms with Crippen LogP contribution in [0.3, 0.4) is 0 Å². The first-order chi connectivity index (χ1) is 13.8. The summed E-state index contributed by atoms with van der Waals surface area (Å²) in [6.45, 7) is 2.84. The summed E-state index contributed by atoms with van der Waals surface area (Å²) in [4.78, 5) is 36.6. The van der Waals surface area contributed by atoms with Gasteiger partial charge in [0, 0.05) is 4.90 Å². The van der Waals surface area contributed by atoms with E-state index in [4.69, 9.17) is 14.1 Å². The van der Waals surface area contributed by atoms with E-state index in [1.165, 1.54) is 23.5 Å². The first kappa shape index (κ1) is 23.4. The van der Waals surface area contributed by atoms with Crippen LogP contribution in [0.2, 0.25) is 0 Å². The monoisotopic (exact) mass is 441 g/mol. The Bertz CT molecular complexity index is 775. The SMILES string of the molecule is CSCC(=O)N[C@H]1Cc2ccc(SC)c(C(=O)OCOC(=O)C(C)C)c2OB1O. The Balaban J connectivity index is 2.19. The highest BCUT2D eigenvalue weighted by atomic mass is 32.2. The zero-order valence-electron chi connectivity index (χ0n) is 16.7. The third-order valence-corrected chi connectivity index (χ3v) is 5.46. The van der Waals surface area contributed by atoms with Gasteiger partial charge in [0.25, 0.3) is 0 Å². The molecule has 1 heterocycles. The van der Waals surface area contributed by atoms with Gasteiger partial charge in [-0.05, 0) is 30.6 Å². The number of thioether (sulfide) groups is 2. The van der Waals surface area contributed by atoms with E-state index in [9.17, 15) is 19.4 Å². The summed E-state index contributed by atoms with van der Waals surface area (Å²) in [6, 6.07) is 3.54. The summed E-state index contributed by atoms with van der Waals surface area (Å²) in [7, 11) is -1.31. The van der Waals surface area contributed by atoms with Crippen molar-refractivity contribution < 1.29 is 33.5 Å². The van der Waals surface area contributed by atoms with E-state index >= 15 is 0 Å². The Morgan fingerprint density at radius 2 is 2.03 bits per heavy atom. The normalized spacial score (nSPS) is 15.4. The first-order valence-electron chi connectivity index (χ1n) is 8.95. The van der Waals surface area contributed by atoms with Gasteiger partial charge in [0.05, 0.1) is 17.6 Å². The van der Waals surface area contributed by atoms with Gasteiger partial charge < -0.3 is 24.5 Å². The minimum atomic E-state index is -1.31. The van der Waals surface area contributed by atoms with Crippen molar-refractivity contribution in [3.05, 3.63) is 23.3 Å². The van der Waals surface area contributed by atoms with Crippen LogP contribution in [0, 0.1) is 5.92 Å². The minimum Gasteiger partial charge on any atom is -0.534 e. The Morgan fingerprint density at radius 3 is 2.66 bits per heavy atom. The smallest absolute Gasteiger partial charge is 0.534 e. The number of carbonyl (C=O) groups is 3. The van der Waals surface area contributed by atoms with Gasteiger partial charge in [-0.25, -0.2) is 4.79 Å². The van der Waals surface area contributed by atoms with Gasteiger partial charge in [0.2, 0.25) is 12.7 Å². The molecule has 0 saturated carbocycles. The molecule has 2 rings (SSSR count). The number of ether oxygens (including phenoxy) is 2. The third kappa shape index (κ3) is 6.07. The lowest BCUT2D eigenvalue weighted by molar-refractivity contribution is -0.155. The Morgan fingerprint density at radius 1 is 1.31 bits per heavy atom. The van der Waals surface area contributed by atoms with Crippen molar-refractivity contribution in [3.63, 3.8) is 0 Å². The molecule has 0 fully saturated rings. The molecule has 0 saturated heterocycles. The maximum atomic E-state index is 12.6. The predicted octanol–water partition coefficient (Wildman–Crippen LogP) is 1.52. The van der Waals surface area contributed by atoms with Crippen LogP contribution in [0.5, 0.6) is 5.75 Å². The molecule has 0 aromatic heterocycles. The molecule has 29 heavy (non-hydrogen) atoms. The van der Waals surface area contributed by atoms with E-state index in [1.54, 1.807) is 32.2 Å². The summed E-state index contributed by atoms with van der Waals surface area (Å²) in [5.74, 6) is -1.89. The Labute approximate surface area is 178 Å². The van der Waals surface area contributed by atoms with E-state index < -0.39 is 31.8 Å². The molecule has 0 bridgehead atoms. The standard InChI is InChI=1S/C18H24BNO7S2/c1-10(2)17(22)25-9-26-18(23)15-12(29-4)6-5-11-7-13(19(24)27-16(11)15)20-14(21)8-28-3/h5-6,10,13,24H,7-9H2,1-4H3,(H,20,21)/t13-/m0/s1. The second kappa shape index (κ2) is 10.8. The predicted molar refractivity (Wildman–Crippen MR) is 112 cm³/mol. The van der Waals surface area contributed by atoms with Crippen molar-refractivity contribution in [2.45, 2.75) is 31.1 Å².